The Morgan fingerprint density at radius 2 is 1.92 bits per heavy atom. The molecule has 6 heteroatoms. The zero-order valence-electron chi connectivity index (χ0n) is 14.2. The van der Waals surface area contributed by atoms with E-state index in [1.165, 1.54) is 11.3 Å². The number of nitrogens with one attached hydrogen (secondary N) is 2. The lowest BCUT2D eigenvalue weighted by Gasteiger charge is -2.38. The molecule has 0 aromatic heterocycles. The lowest BCUT2D eigenvalue weighted by molar-refractivity contribution is -0.937. The van der Waals surface area contributed by atoms with Crippen LogP contribution in [-0.4, -0.2) is 44.5 Å². The van der Waals surface area contributed by atoms with Crippen molar-refractivity contribution in [1.29, 1.82) is 0 Å². The van der Waals surface area contributed by atoms with Gasteiger partial charge in [0.25, 0.3) is 0 Å². The van der Waals surface area contributed by atoms with Crippen molar-refractivity contribution in [2.75, 3.05) is 31.6 Å². The van der Waals surface area contributed by atoms with E-state index in [0.717, 1.165) is 56.8 Å². The molecule has 3 rings (SSSR count). The second-order valence-electron chi connectivity index (χ2n) is 6.55. The van der Waals surface area contributed by atoms with Gasteiger partial charge in [-0.05, 0) is 37.8 Å². The Labute approximate surface area is 150 Å². The van der Waals surface area contributed by atoms with Crippen molar-refractivity contribution in [3.8, 4) is 0 Å². The van der Waals surface area contributed by atoms with E-state index in [9.17, 15) is 4.79 Å². The maximum atomic E-state index is 12.3. The van der Waals surface area contributed by atoms with Gasteiger partial charge in [-0.1, -0.05) is 18.2 Å². The van der Waals surface area contributed by atoms with Crippen LogP contribution in [0.15, 0.2) is 24.3 Å². The van der Waals surface area contributed by atoms with Crippen molar-refractivity contribution in [2.24, 2.45) is 0 Å². The fourth-order valence-electron chi connectivity index (χ4n) is 3.70. The molecule has 1 aromatic rings. The van der Waals surface area contributed by atoms with E-state index < -0.39 is 0 Å². The van der Waals surface area contributed by atoms with E-state index in [1.807, 2.05) is 31.2 Å². The standard InChI is InChI=1S/C18H26N2O3.ClH/c1-14-6-2-3-7-15(14)19-18(21)23-17-9-5-4-8-16(17)20-10-12-22-13-11-20;/h2-3,6-7,16-17H,4-5,8-13H2,1H3,(H,19,21);1H. The van der Waals surface area contributed by atoms with Gasteiger partial charge in [0.05, 0.1) is 13.2 Å². The van der Waals surface area contributed by atoms with E-state index in [1.54, 1.807) is 0 Å². The zero-order chi connectivity index (χ0) is 16.1. The van der Waals surface area contributed by atoms with Crippen LogP contribution in [-0.2, 0) is 9.47 Å². The highest BCUT2D eigenvalue weighted by atomic mass is 35.5. The van der Waals surface area contributed by atoms with Crippen LogP contribution < -0.4 is 22.6 Å². The Bertz CT molecular complexity index is 535. The molecule has 2 N–H and O–H groups in total. The first kappa shape index (κ1) is 19.0. The first-order valence-electron chi connectivity index (χ1n) is 8.69. The summed E-state index contributed by atoms with van der Waals surface area (Å²) < 4.78 is 11.3. The second-order valence-corrected chi connectivity index (χ2v) is 6.55. The summed E-state index contributed by atoms with van der Waals surface area (Å²) in [7, 11) is 0. The molecule has 0 bridgehead atoms. The third-order valence-electron chi connectivity index (χ3n) is 5.00. The number of carbonyl (C=O) groups is 1. The minimum Gasteiger partial charge on any atom is -1.00 e. The predicted octanol–water partition coefficient (Wildman–Crippen LogP) is -1.23. The molecule has 1 aromatic carbocycles. The van der Waals surface area contributed by atoms with Crippen molar-refractivity contribution in [3.63, 3.8) is 0 Å². The molecule has 0 spiro atoms. The van der Waals surface area contributed by atoms with Gasteiger partial charge in [0, 0.05) is 12.1 Å². The number of ether oxygens (including phenoxy) is 2. The molecule has 2 atom stereocenters. The number of carbonyl (C=O) groups excluding carboxylic acids is 1. The van der Waals surface area contributed by atoms with E-state index in [0.29, 0.717) is 6.04 Å². The van der Waals surface area contributed by atoms with Gasteiger partial charge in [0.2, 0.25) is 0 Å². The number of amides is 1. The number of hydrogen-bond donors (Lipinski definition) is 2. The molecule has 24 heavy (non-hydrogen) atoms. The largest absolute Gasteiger partial charge is 1.00 e. The third-order valence-corrected chi connectivity index (χ3v) is 5.00. The highest BCUT2D eigenvalue weighted by molar-refractivity contribution is 5.85. The smallest absolute Gasteiger partial charge is 0.412 e. The predicted molar refractivity (Wildman–Crippen MR) is 88.8 cm³/mol. The van der Waals surface area contributed by atoms with Crippen LogP contribution in [0, 0.1) is 6.92 Å². The molecular weight excluding hydrogens is 328 g/mol. The monoisotopic (exact) mass is 354 g/mol. The number of aryl methyl sites for hydroxylation is 1. The van der Waals surface area contributed by atoms with Gasteiger partial charge < -0.3 is 26.8 Å². The number of rotatable bonds is 3. The molecular formula is C18H27ClN2O3. The Hall–Kier alpha value is -1.30. The summed E-state index contributed by atoms with van der Waals surface area (Å²) in [5, 5.41) is 2.89. The summed E-state index contributed by atoms with van der Waals surface area (Å²) in [6.45, 7) is 5.65. The van der Waals surface area contributed by atoms with Crippen molar-refractivity contribution in [1.82, 2.24) is 0 Å². The fraction of sp³-hybridized carbons (Fsp3) is 0.611. The number of quaternary nitrogens is 1. The minimum atomic E-state index is -0.330. The van der Waals surface area contributed by atoms with Crippen molar-refractivity contribution in [2.45, 2.75) is 44.8 Å². The van der Waals surface area contributed by atoms with Crippen LogP contribution in [0.5, 0.6) is 0 Å². The first-order chi connectivity index (χ1) is 11.2. The Morgan fingerprint density at radius 1 is 1.21 bits per heavy atom. The number of morpholine rings is 1. The summed E-state index contributed by atoms with van der Waals surface area (Å²) >= 11 is 0. The van der Waals surface area contributed by atoms with E-state index >= 15 is 0 Å². The first-order valence-corrected chi connectivity index (χ1v) is 8.69. The Morgan fingerprint density at radius 3 is 2.67 bits per heavy atom. The molecule has 2 fully saturated rings. The summed E-state index contributed by atoms with van der Waals surface area (Å²) in [4.78, 5) is 13.8. The van der Waals surface area contributed by atoms with Crippen molar-refractivity contribution in [3.05, 3.63) is 29.8 Å². The fourth-order valence-corrected chi connectivity index (χ4v) is 3.70. The normalized spacial score (nSPS) is 24.7. The summed E-state index contributed by atoms with van der Waals surface area (Å²) in [6.07, 6.45) is 4.16. The van der Waals surface area contributed by atoms with Gasteiger partial charge in [0.15, 0.2) is 6.10 Å². The summed E-state index contributed by atoms with van der Waals surface area (Å²) in [6, 6.07) is 8.18. The molecule has 1 aliphatic heterocycles. The quantitative estimate of drug-likeness (QED) is 0.715. The highest BCUT2D eigenvalue weighted by Crippen LogP contribution is 2.21. The number of anilines is 1. The number of para-hydroxylation sites is 1. The Balaban J connectivity index is 0.00000208. The van der Waals surface area contributed by atoms with Crippen molar-refractivity contribution >= 4 is 11.8 Å². The molecule has 134 valence electrons. The summed E-state index contributed by atoms with van der Waals surface area (Å²) in [5.74, 6) is 0. The number of hydrogen-bond acceptors (Lipinski definition) is 3. The van der Waals surface area contributed by atoms with Crippen molar-refractivity contribution < 1.29 is 31.6 Å². The van der Waals surface area contributed by atoms with E-state index in [-0.39, 0.29) is 24.6 Å². The maximum Gasteiger partial charge on any atom is 0.412 e. The lowest BCUT2D eigenvalue weighted by atomic mass is 9.91. The molecule has 1 aliphatic carbocycles. The van der Waals surface area contributed by atoms with Crippen LogP contribution in [0.2, 0.25) is 0 Å². The molecule has 1 heterocycles. The molecule has 1 amide bonds. The maximum absolute atomic E-state index is 12.3. The topological polar surface area (TPSA) is 52.0 Å². The minimum absolute atomic E-state index is 0. The highest BCUT2D eigenvalue weighted by Gasteiger charge is 2.36. The zero-order valence-corrected chi connectivity index (χ0v) is 15.0. The van der Waals surface area contributed by atoms with Crippen LogP contribution >= 0.6 is 0 Å². The molecule has 2 aliphatic rings. The average Bonchev–Trinajstić information content (AvgIpc) is 2.58. The van der Waals surface area contributed by atoms with Gasteiger partial charge in [-0.3, -0.25) is 5.32 Å². The van der Waals surface area contributed by atoms with Gasteiger partial charge in [0.1, 0.15) is 19.1 Å². The van der Waals surface area contributed by atoms with E-state index in [2.05, 4.69) is 5.32 Å². The molecule has 2 unspecified atom stereocenters. The number of halogens is 1. The van der Waals surface area contributed by atoms with Crippen LogP contribution in [0.1, 0.15) is 31.2 Å². The molecule has 0 radical (unpaired) electrons. The SMILES string of the molecule is Cc1ccccc1NC(=O)OC1CCCCC1[NH+]1CCOCC1.[Cl-]. The van der Waals surface area contributed by atoms with Gasteiger partial charge in [-0.25, -0.2) is 4.79 Å². The van der Waals surface area contributed by atoms with Crippen LogP contribution in [0.4, 0.5) is 10.5 Å². The molecule has 5 nitrogen and oxygen atoms in total. The van der Waals surface area contributed by atoms with Gasteiger partial charge in [-0.2, -0.15) is 0 Å². The van der Waals surface area contributed by atoms with Crippen LogP contribution in [0.25, 0.3) is 0 Å². The average molecular weight is 355 g/mol. The van der Waals surface area contributed by atoms with Crippen LogP contribution in [0.3, 0.4) is 0 Å². The second kappa shape index (κ2) is 9.25. The lowest BCUT2D eigenvalue weighted by Crippen LogP contribution is -3.19. The van der Waals surface area contributed by atoms with Gasteiger partial charge in [-0.15, -0.1) is 0 Å². The third kappa shape index (κ3) is 4.85. The van der Waals surface area contributed by atoms with E-state index in [4.69, 9.17) is 9.47 Å². The molecule has 1 saturated carbocycles. The Kier molecular flexibility index (Phi) is 7.34. The van der Waals surface area contributed by atoms with Gasteiger partial charge >= 0.3 is 6.09 Å². The number of benzene rings is 1. The summed E-state index contributed by atoms with van der Waals surface area (Å²) in [5.41, 5.74) is 1.87. The molecule has 1 saturated heterocycles.